The summed E-state index contributed by atoms with van der Waals surface area (Å²) in [5.74, 6) is -1.29. The molecule has 0 aliphatic carbocycles. The molecule has 3 aromatic rings. The molecule has 5 heterocycles. The second-order valence-corrected chi connectivity index (χ2v) is 13.3. The minimum absolute atomic E-state index is 0.0331. The predicted molar refractivity (Wildman–Crippen MR) is 152 cm³/mol. The van der Waals surface area contributed by atoms with Gasteiger partial charge in [0.05, 0.1) is 4.88 Å². The fourth-order valence-electron chi connectivity index (χ4n) is 6.50. The number of amides is 3. The van der Waals surface area contributed by atoms with Gasteiger partial charge in [-0.3, -0.25) is 14.4 Å². The first-order valence-electron chi connectivity index (χ1n) is 13.9. The highest BCUT2D eigenvalue weighted by molar-refractivity contribution is 7.37. The fourth-order valence-corrected chi connectivity index (χ4v) is 7.96. The standard InChI is InChI=1S/C29H30FN4O5PS/c1-16-9-10-31-26(30)25(16)19-13-33(14-19)29(37)22-7-6-20-3-2-4-21(28(36)34(20)22)32-27(35)24-12-18-11-17(15-40(38)39)5-8-23(18)41-24/h5,8-12,19-22H,2-4,6-7,13-15H2,1H3,(H-,32,35,38,39)/p+1/t20-,21-,22-/m0/s1. The first-order chi connectivity index (χ1) is 19.7. The fraction of sp³-hybridized carbons (Fsp3) is 0.448. The zero-order valence-electron chi connectivity index (χ0n) is 22.6. The molecule has 2 N–H and O–H groups in total. The van der Waals surface area contributed by atoms with Crippen LogP contribution in [0.3, 0.4) is 0 Å². The van der Waals surface area contributed by atoms with Crippen LogP contribution in [0.4, 0.5) is 4.39 Å². The molecule has 0 spiro atoms. The molecule has 3 aliphatic rings. The lowest BCUT2D eigenvalue weighted by molar-refractivity contribution is -0.148. The lowest BCUT2D eigenvalue weighted by atomic mass is 9.88. The Morgan fingerprint density at radius 2 is 1.98 bits per heavy atom. The molecule has 12 heteroatoms. The van der Waals surface area contributed by atoms with Crippen molar-refractivity contribution in [2.45, 2.75) is 69.2 Å². The van der Waals surface area contributed by atoms with Gasteiger partial charge in [0.1, 0.15) is 12.1 Å². The molecule has 6 rings (SSSR count). The summed E-state index contributed by atoms with van der Waals surface area (Å²) in [6, 6.07) is 7.58. The second kappa shape index (κ2) is 11.2. The van der Waals surface area contributed by atoms with Crippen LogP contribution in [-0.2, 0) is 20.3 Å². The number of likely N-dealkylation sites (tertiary alicyclic amines) is 1. The van der Waals surface area contributed by atoms with Crippen molar-refractivity contribution in [3.8, 4) is 0 Å². The summed E-state index contributed by atoms with van der Waals surface area (Å²) in [5.41, 5.74) is 2.09. The number of rotatable bonds is 6. The van der Waals surface area contributed by atoms with E-state index in [0.29, 0.717) is 36.4 Å². The number of aromatic nitrogens is 1. The van der Waals surface area contributed by atoms with Gasteiger partial charge >= 0.3 is 8.03 Å². The molecule has 0 bridgehead atoms. The summed E-state index contributed by atoms with van der Waals surface area (Å²) < 4.78 is 26.4. The number of hydrogen-bond donors (Lipinski definition) is 2. The molecular weight excluding hydrogens is 566 g/mol. The molecule has 0 saturated carbocycles. The summed E-state index contributed by atoms with van der Waals surface area (Å²) >= 11 is 1.30. The van der Waals surface area contributed by atoms with Gasteiger partial charge in [-0.2, -0.15) is 9.28 Å². The maximum Gasteiger partial charge on any atom is 0.510 e. The molecule has 1 aromatic carbocycles. The Balaban J connectivity index is 1.13. The number of pyridine rings is 1. The molecular formula is C29H31FN4O5PS+. The molecule has 41 heavy (non-hydrogen) atoms. The van der Waals surface area contributed by atoms with Gasteiger partial charge < -0.3 is 15.1 Å². The van der Waals surface area contributed by atoms with Crippen molar-refractivity contribution in [1.82, 2.24) is 20.1 Å². The normalized spacial score (nSPS) is 23.2. The van der Waals surface area contributed by atoms with Gasteiger partial charge in [-0.15, -0.1) is 11.3 Å². The number of thiophene rings is 1. The third-order valence-electron chi connectivity index (χ3n) is 8.56. The van der Waals surface area contributed by atoms with Crippen LogP contribution in [0.2, 0.25) is 0 Å². The number of fused-ring (bicyclic) bond motifs is 2. The average molecular weight is 598 g/mol. The van der Waals surface area contributed by atoms with Crippen LogP contribution in [0.1, 0.15) is 64.4 Å². The van der Waals surface area contributed by atoms with Gasteiger partial charge in [0.2, 0.25) is 23.9 Å². The average Bonchev–Trinajstić information content (AvgIpc) is 3.48. The minimum Gasteiger partial charge on any atom is -0.340 e. The third-order valence-corrected chi connectivity index (χ3v) is 10.3. The van der Waals surface area contributed by atoms with E-state index in [4.69, 9.17) is 0 Å². The van der Waals surface area contributed by atoms with Crippen molar-refractivity contribution in [3.05, 3.63) is 64.0 Å². The first kappa shape index (κ1) is 27.9. The Bertz CT molecular complexity index is 1540. The Kier molecular flexibility index (Phi) is 7.61. The smallest absolute Gasteiger partial charge is 0.340 e. The lowest BCUT2D eigenvalue weighted by Gasteiger charge is -2.43. The maximum absolute atomic E-state index is 14.3. The summed E-state index contributed by atoms with van der Waals surface area (Å²) in [5, 5.41) is 3.73. The van der Waals surface area contributed by atoms with E-state index in [-0.39, 0.29) is 35.8 Å². The highest BCUT2D eigenvalue weighted by Crippen LogP contribution is 2.37. The Hall–Kier alpha value is -3.27. The van der Waals surface area contributed by atoms with Crippen molar-refractivity contribution in [2.24, 2.45) is 0 Å². The van der Waals surface area contributed by atoms with Crippen molar-refractivity contribution in [3.63, 3.8) is 0 Å². The molecule has 3 aliphatic heterocycles. The van der Waals surface area contributed by atoms with Crippen molar-refractivity contribution < 1.29 is 28.2 Å². The zero-order chi connectivity index (χ0) is 28.8. The second-order valence-electron chi connectivity index (χ2n) is 11.2. The van der Waals surface area contributed by atoms with E-state index in [1.165, 1.54) is 17.5 Å². The highest BCUT2D eigenvalue weighted by atomic mass is 32.1. The molecule has 214 valence electrons. The number of hydrogen-bond acceptors (Lipinski definition) is 6. The van der Waals surface area contributed by atoms with E-state index < -0.39 is 26.1 Å². The van der Waals surface area contributed by atoms with Crippen molar-refractivity contribution >= 4 is 47.2 Å². The number of benzene rings is 1. The molecule has 3 saturated heterocycles. The molecule has 3 amide bonds. The van der Waals surface area contributed by atoms with Gasteiger partial charge in [-0.1, -0.05) is 6.07 Å². The molecule has 4 atom stereocenters. The Morgan fingerprint density at radius 3 is 2.73 bits per heavy atom. The van der Waals surface area contributed by atoms with Gasteiger partial charge in [0, 0.05) is 47.1 Å². The molecule has 9 nitrogen and oxygen atoms in total. The highest BCUT2D eigenvalue weighted by Gasteiger charge is 2.48. The van der Waals surface area contributed by atoms with Crippen LogP contribution in [0.5, 0.6) is 0 Å². The van der Waals surface area contributed by atoms with Crippen LogP contribution in [0.15, 0.2) is 36.5 Å². The van der Waals surface area contributed by atoms with E-state index in [9.17, 15) is 28.2 Å². The summed E-state index contributed by atoms with van der Waals surface area (Å²) in [4.78, 5) is 57.4. The monoisotopic (exact) mass is 597 g/mol. The molecule has 2 aromatic heterocycles. The van der Waals surface area contributed by atoms with Crippen LogP contribution in [0.25, 0.3) is 10.1 Å². The van der Waals surface area contributed by atoms with E-state index >= 15 is 0 Å². The van der Waals surface area contributed by atoms with Gasteiger partial charge in [0.15, 0.2) is 0 Å². The van der Waals surface area contributed by atoms with E-state index in [0.717, 1.165) is 40.5 Å². The number of aryl methyl sites for hydroxylation is 1. The minimum atomic E-state index is -2.30. The molecule has 3 fully saturated rings. The first-order valence-corrected chi connectivity index (χ1v) is 16.1. The van der Waals surface area contributed by atoms with Gasteiger partial charge in [0.25, 0.3) is 5.91 Å². The van der Waals surface area contributed by atoms with Crippen LogP contribution >= 0.6 is 19.4 Å². The number of nitrogens with zero attached hydrogens (tertiary/aromatic N) is 3. The van der Waals surface area contributed by atoms with Crippen molar-refractivity contribution in [2.75, 3.05) is 13.1 Å². The van der Waals surface area contributed by atoms with Crippen LogP contribution < -0.4 is 5.32 Å². The van der Waals surface area contributed by atoms with Crippen molar-refractivity contribution in [1.29, 1.82) is 0 Å². The number of carbonyl (C=O) groups is 3. The maximum atomic E-state index is 14.3. The Morgan fingerprint density at radius 1 is 1.17 bits per heavy atom. The lowest BCUT2D eigenvalue weighted by Crippen LogP contribution is -2.58. The Labute approximate surface area is 241 Å². The van der Waals surface area contributed by atoms with E-state index in [1.54, 1.807) is 34.1 Å². The largest absolute Gasteiger partial charge is 0.510 e. The quantitative estimate of drug-likeness (QED) is 0.324. The van der Waals surface area contributed by atoms with Gasteiger partial charge in [-0.25, -0.2) is 4.98 Å². The number of halogens is 1. The third kappa shape index (κ3) is 5.38. The molecule has 0 radical (unpaired) electrons. The predicted octanol–water partition coefficient (Wildman–Crippen LogP) is 4.25. The summed E-state index contributed by atoms with van der Waals surface area (Å²) in [6.07, 6.45) is 4.86. The van der Waals surface area contributed by atoms with Gasteiger partial charge in [-0.05, 0) is 78.8 Å². The van der Waals surface area contributed by atoms with E-state index in [2.05, 4.69) is 10.3 Å². The summed E-state index contributed by atoms with van der Waals surface area (Å²) in [7, 11) is -2.30. The molecule has 1 unspecified atom stereocenters. The van der Waals surface area contributed by atoms with E-state index in [1.807, 2.05) is 13.0 Å². The number of nitrogens with one attached hydrogen (secondary N) is 1. The summed E-state index contributed by atoms with van der Waals surface area (Å²) in [6.45, 7) is 2.63. The zero-order valence-corrected chi connectivity index (χ0v) is 24.3. The topological polar surface area (TPSA) is 120 Å². The number of carbonyl (C=O) groups excluding carboxylic acids is 3. The van der Waals surface area contributed by atoms with Crippen LogP contribution in [-0.4, -0.2) is 68.6 Å². The SMILES string of the molecule is Cc1ccnc(F)c1C1CN(C(=O)[C@@H]2CC[C@@H]3CCC[C@H](NC(=O)c4cc5cc(C[P+](=O)O)ccc5s4)C(=O)N32)C1. The van der Waals surface area contributed by atoms with Crippen LogP contribution in [0, 0.1) is 12.9 Å².